The highest BCUT2D eigenvalue weighted by molar-refractivity contribution is 5.41. The maximum Gasteiger partial charge on any atom is 0.149 e. The first-order valence-corrected chi connectivity index (χ1v) is 6.09. The molecule has 1 N–H and O–H groups in total. The quantitative estimate of drug-likeness (QED) is 0.825. The Kier molecular flexibility index (Phi) is 4.04. The van der Waals surface area contributed by atoms with E-state index in [0.29, 0.717) is 12.2 Å². The molecule has 1 aromatic carbocycles. The molecule has 96 valence electrons. The van der Waals surface area contributed by atoms with Gasteiger partial charge in [-0.1, -0.05) is 24.3 Å². The molecule has 0 saturated carbocycles. The van der Waals surface area contributed by atoms with Crippen LogP contribution in [0.3, 0.4) is 0 Å². The monoisotopic (exact) mass is 248 g/mol. The lowest BCUT2D eigenvalue weighted by atomic mass is 10.2. The number of rotatable bonds is 5. The third kappa shape index (κ3) is 2.56. The Balaban J connectivity index is 2.31. The number of hydrogen-bond acceptors (Lipinski definition) is 3. The predicted molar refractivity (Wildman–Crippen MR) is 68.1 cm³/mol. The van der Waals surface area contributed by atoms with Gasteiger partial charge in [0.2, 0.25) is 0 Å². The summed E-state index contributed by atoms with van der Waals surface area (Å²) in [5.41, 5.74) is 2.18. The van der Waals surface area contributed by atoms with Crippen molar-refractivity contribution in [1.29, 1.82) is 0 Å². The van der Waals surface area contributed by atoms with Gasteiger partial charge in [-0.3, -0.25) is 0 Å². The molecular formula is C13H17FN4. The van der Waals surface area contributed by atoms with E-state index in [-0.39, 0.29) is 5.82 Å². The van der Waals surface area contributed by atoms with Crippen LogP contribution in [-0.2, 0) is 6.54 Å². The van der Waals surface area contributed by atoms with Crippen molar-refractivity contribution in [2.24, 2.45) is 0 Å². The SMILES string of the molecule is CCCNCc1cnnn1-c1c(C)cccc1F. The molecule has 18 heavy (non-hydrogen) atoms. The van der Waals surface area contributed by atoms with Crippen LogP contribution in [0.5, 0.6) is 0 Å². The number of hydrogen-bond donors (Lipinski definition) is 1. The van der Waals surface area contributed by atoms with Gasteiger partial charge < -0.3 is 5.32 Å². The van der Waals surface area contributed by atoms with Gasteiger partial charge in [0.25, 0.3) is 0 Å². The van der Waals surface area contributed by atoms with Crippen molar-refractivity contribution in [3.8, 4) is 5.69 Å². The Morgan fingerprint density at radius 2 is 2.22 bits per heavy atom. The zero-order valence-corrected chi connectivity index (χ0v) is 10.7. The van der Waals surface area contributed by atoms with Crippen LogP contribution in [0.15, 0.2) is 24.4 Å². The Labute approximate surface area is 106 Å². The van der Waals surface area contributed by atoms with E-state index >= 15 is 0 Å². The Morgan fingerprint density at radius 3 is 2.94 bits per heavy atom. The van der Waals surface area contributed by atoms with Crippen LogP contribution in [-0.4, -0.2) is 21.5 Å². The minimum absolute atomic E-state index is 0.280. The molecule has 0 amide bonds. The van der Waals surface area contributed by atoms with E-state index in [9.17, 15) is 4.39 Å². The molecule has 0 unspecified atom stereocenters. The van der Waals surface area contributed by atoms with Crippen LogP contribution >= 0.6 is 0 Å². The molecule has 0 aliphatic heterocycles. The summed E-state index contributed by atoms with van der Waals surface area (Å²) in [6, 6.07) is 5.00. The van der Waals surface area contributed by atoms with Crippen LogP contribution in [0.1, 0.15) is 24.6 Å². The van der Waals surface area contributed by atoms with Crippen molar-refractivity contribution in [2.45, 2.75) is 26.8 Å². The number of benzene rings is 1. The topological polar surface area (TPSA) is 42.7 Å². The second-order valence-corrected chi connectivity index (χ2v) is 4.22. The maximum absolute atomic E-state index is 13.9. The van der Waals surface area contributed by atoms with Gasteiger partial charge >= 0.3 is 0 Å². The van der Waals surface area contributed by atoms with Gasteiger partial charge in [-0.05, 0) is 31.5 Å². The minimum atomic E-state index is -0.280. The molecule has 0 bridgehead atoms. The Hall–Kier alpha value is -1.75. The van der Waals surface area contributed by atoms with Crippen LogP contribution < -0.4 is 5.32 Å². The molecule has 0 radical (unpaired) electrons. The molecule has 0 atom stereocenters. The fraction of sp³-hybridized carbons (Fsp3) is 0.385. The molecule has 2 aromatic rings. The molecule has 0 spiro atoms. The van der Waals surface area contributed by atoms with E-state index in [1.54, 1.807) is 16.9 Å². The van der Waals surface area contributed by atoms with Crippen LogP contribution in [0.4, 0.5) is 4.39 Å². The van der Waals surface area contributed by atoms with E-state index in [0.717, 1.165) is 24.2 Å². The normalized spacial score (nSPS) is 10.8. The number of nitrogens with one attached hydrogen (secondary N) is 1. The standard InChI is InChI=1S/C13H17FN4/c1-3-7-15-8-11-9-16-17-18(11)13-10(2)5-4-6-12(13)14/h4-6,9,15H,3,7-8H2,1-2H3. The first kappa shape index (κ1) is 12.7. The van der Waals surface area contributed by atoms with Crippen LogP contribution in [0.25, 0.3) is 5.69 Å². The van der Waals surface area contributed by atoms with Crippen LogP contribution in [0, 0.1) is 12.7 Å². The summed E-state index contributed by atoms with van der Waals surface area (Å²) in [5, 5.41) is 11.1. The number of aryl methyl sites for hydroxylation is 1. The van der Waals surface area contributed by atoms with E-state index in [2.05, 4.69) is 22.6 Å². The Morgan fingerprint density at radius 1 is 1.39 bits per heavy atom. The molecule has 4 nitrogen and oxygen atoms in total. The summed E-state index contributed by atoms with van der Waals surface area (Å²) in [6.07, 6.45) is 2.72. The summed E-state index contributed by atoms with van der Waals surface area (Å²) in [7, 11) is 0. The zero-order valence-electron chi connectivity index (χ0n) is 10.7. The minimum Gasteiger partial charge on any atom is -0.311 e. The highest BCUT2D eigenvalue weighted by Crippen LogP contribution is 2.18. The molecular weight excluding hydrogens is 231 g/mol. The van der Waals surface area contributed by atoms with Gasteiger partial charge in [-0.2, -0.15) is 0 Å². The highest BCUT2D eigenvalue weighted by atomic mass is 19.1. The fourth-order valence-electron chi connectivity index (χ4n) is 1.85. The zero-order chi connectivity index (χ0) is 13.0. The van der Waals surface area contributed by atoms with E-state index < -0.39 is 0 Å². The van der Waals surface area contributed by atoms with Crippen molar-refractivity contribution < 1.29 is 4.39 Å². The molecule has 0 fully saturated rings. The molecule has 0 saturated heterocycles. The maximum atomic E-state index is 13.9. The smallest absolute Gasteiger partial charge is 0.149 e. The number of para-hydroxylation sites is 1. The van der Waals surface area contributed by atoms with Crippen LogP contribution in [0.2, 0.25) is 0 Å². The van der Waals surface area contributed by atoms with Crippen molar-refractivity contribution in [3.63, 3.8) is 0 Å². The van der Waals surface area contributed by atoms with E-state index in [1.807, 2.05) is 13.0 Å². The van der Waals surface area contributed by atoms with Crippen molar-refractivity contribution in [3.05, 3.63) is 41.5 Å². The number of nitrogens with zero attached hydrogens (tertiary/aromatic N) is 3. The average molecular weight is 248 g/mol. The van der Waals surface area contributed by atoms with Gasteiger partial charge in [0.1, 0.15) is 11.5 Å². The molecule has 1 heterocycles. The van der Waals surface area contributed by atoms with Gasteiger partial charge in [0, 0.05) is 6.54 Å². The second kappa shape index (κ2) is 5.73. The summed E-state index contributed by atoms with van der Waals surface area (Å²) < 4.78 is 15.4. The fourth-order valence-corrected chi connectivity index (χ4v) is 1.85. The molecule has 1 aromatic heterocycles. The first-order valence-electron chi connectivity index (χ1n) is 6.09. The van der Waals surface area contributed by atoms with Crippen molar-refractivity contribution in [2.75, 3.05) is 6.54 Å². The largest absolute Gasteiger partial charge is 0.311 e. The number of halogens is 1. The van der Waals surface area contributed by atoms with Gasteiger partial charge in [-0.25, -0.2) is 9.07 Å². The van der Waals surface area contributed by atoms with E-state index in [1.165, 1.54) is 6.07 Å². The predicted octanol–water partition coefficient (Wildman–Crippen LogP) is 2.21. The summed E-state index contributed by atoms with van der Waals surface area (Å²) in [5.74, 6) is -0.280. The highest BCUT2D eigenvalue weighted by Gasteiger charge is 2.12. The second-order valence-electron chi connectivity index (χ2n) is 4.22. The summed E-state index contributed by atoms with van der Waals surface area (Å²) >= 11 is 0. The van der Waals surface area contributed by atoms with Gasteiger partial charge in [0.15, 0.2) is 0 Å². The molecule has 0 aliphatic rings. The van der Waals surface area contributed by atoms with Gasteiger partial charge in [0.05, 0.1) is 11.9 Å². The van der Waals surface area contributed by atoms with Crippen molar-refractivity contribution >= 4 is 0 Å². The summed E-state index contributed by atoms with van der Waals surface area (Å²) in [6.45, 7) is 5.52. The van der Waals surface area contributed by atoms with E-state index in [4.69, 9.17) is 0 Å². The van der Waals surface area contributed by atoms with Gasteiger partial charge in [-0.15, -0.1) is 5.10 Å². The lowest BCUT2D eigenvalue weighted by molar-refractivity contribution is 0.590. The third-order valence-corrected chi connectivity index (χ3v) is 2.75. The average Bonchev–Trinajstić information content (AvgIpc) is 2.78. The first-order chi connectivity index (χ1) is 8.74. The lowest BCUT2D eigenvalue weighted by Crippen LogP contribution is -2.17. The molecule has 5 heteroatoms. The third-order valence-electron chi connectivity index (χ3n) is 2.75. The molecule has 0 aliphatic carbocycles. The summed E-state index contributed by atoms with van der Waals surface area (Å²) in [4.78, 5) is 0. The Bertz CT molecular complexity index is 501. The van der Waals surface area contributed by atoms with Crippen molar-refractivity contribution in [1.82, 2.24) is 20.3 Å². The lowest BCUT2D eigenvalue weighted by Gasteiger charge is -2.10. The number of aromatic nitrogens is 3. The molecule has 2 rings (SSSR count).